The molecule has 0 bridgehead atoms. The highest BCUT2D eigenvalue weighted by molar-refractivity contribution is 14.1. The van der Waals surface area contributed by atoms with E-state index in [1.54, 1.807) is 0 Å². The Kier molecular flexibility index (Phi) is 5.60. The van der Waals surface area contributed by atoms with Crippen molar-refractivity contribution in [1.82, 2.24) is 10.6 Å². The van der Waals surface area contributed by atoms with E-state index in [4.69, 9.17) is 5.73 Å². The highest BCUT2D eigenvalue weighted by atomic mass is 127. The molecule has 0 heterocycles. The summed E-state index contributed by atoms with van der Waals surface area (Å²) in [5, 5.41) is 5.22. The molecule has 0 saturated carbocycles. The van der Waals surface area contributed by atoms with Gasteiger partial charge >= 0.3 is 6.03 Å². The van der Waals surface area contributed by atoms with Gasteiger partial charge in [-0.15, -0.1) is 0 Å². The number of aliphatic imine (C=N–C) groups is 1. The minimum atomic E-state index is -0.379. The van der Waals surface area contributed by atoms with Crippen molar-refractivity contribution < 1.29 is 4.79 Å². The van der Waals surface area contributed by atoms with Crippen molar-refractivity contribution in [2.24, 2.45) is 10.7 Å². The van der Waals surface area contributed by atoms with E-state index in [1.807, 2.05) is 39.0 Å². The molecule has 4 N–H and O–H groups in total. The Labute approximate surface area is 134 Å². The minimum absolute atomic E-state index is 0.0451. The first-order valence-electron chi connectivity index (χ1n) is 5.56. The Morgan fingerprint density at radius 2 is 2.05 bits per heavy atom. The zero-order chi connectivity index (χ0) is 14.6. The fraction of sp³-hybridized carbons (Fsp3) is 0.333. The number of hydrogen-bond acceptors (Lipinski definition) is 2. The average molecular weight is 439 g/mol. The molecule has 19 heavy (non-hydrogen) atoms. The Hall–Kier alpha value is -0.830. The van der Waals surface area contributed by atoms with Crippen molar-refractivity contribution in [3.8, 4) is 0 Å². The van der Waals surface area contributed by atoms with Crippen molar-refractivity contribution in [1.29, 1.82) is 0 Å². The van der Waals surface area contributed by atoms with E-state index < -0.39 is 0 Å². The molecule has 0 aromatic heterocycles. The maximum absolute atomic E-state index is 11.6. The Morgan fingerprint density at radius 1 is 1.42 bits per heavy atom. The summed E-state index contributed by atoms with van der Waals surface area (Å²) in [5.74, 6) is 0.0451. The van der Waals surface area contributed by atoms with Gasteiger partial charge < -0.3 is 11.1 Å². The smallest absolute Gasteiger partial charge is 0.321 e. The van der Waals surface area contributed by atoms with E-state index in [0.29, 0.717) is 5.69 Å². The zero-order valence-corrected chi connectivity index (χ0v) is 14.7. The molecular formula is C12H16BrIN4O. The van der Waals surface area contributed by atoms with E-state index >= 15 is 0 Å². The third kappa shape index (κ3) is 6.24. The maximum atomic E-state index is 11.6. The van der Waals surface area contributed by atoms with Gasteiger partial charge in [-0.2, -0.15) is 0 Å². The second-order valence-electron chi connectivity index (χ2n) is 4.92. The summed E-state index contributed by atoms with van der Waals surface area (Å²) in [6.07, 6.45) is 0. The van der Waals surface area contributed by atoms with Crippen LogP contribution in [0.5, 0.6) is 0 Å². The quantitative estimate of drug-likeness (QED) is 0.358. The van der Waals surface area contributed by atoms with Crippen LogP contribution in [0, 0.1) is 3.57 Å². The summed E-state index contributed by atoms with van der Waals surface area (Å²) >= 11 is 5.60. The van der Waals surface area contributed by atoms with Gasteiger partial charge in [0.25, 0.3) is 0 Å². The first kappa shape index (κ1) is 16.2. The molecule has 0 fully saturated rings. The van der Waals surface area contributed by atoms with Gasteiger partial charge in [0.15, 0.2) is 0 Å². The fourth-order valence-electron chi connectivity index (χ4n) is 1.22. The van der Waals surface area contributed by atoms with Crippen LogP contribution in [-0.2, 0) is 0 Å². The summed E-state index contributed by atoms with van der Waals surface area (Å²) in [6, 6.07) is 5.27. The molecule has 0 aliphatic heterocycles. The number of benzene rings is 1. The second kappa shape index (κ2) is 6.56. The lowest BCUT2D eigenvalue weighted by atomic mass is 10.1. The standard InChI is InChI=1S/C12H16BrIN4O/c1-12(2,3)18-11(19)17-10(15)16-9-5-4-7(14)6-8(9)13/h4-6H,1-3H3,(H4,15,16,17,18,19). The van der Waals surface area contributed by atoms with Crippen molar-refractivity contribution in [2.75, 3.05) is 0 Å². The number of nitrogens with two attached hydrogens (primary N) is 1. The Bertz CT molecular complexity index is 511. The van der Waals surface area contributed by atoms with Gasteiger partial charge in [0, 0.05) is 13.6 Å². The van der Waals surface area contributed by atoms with Crippen LogP contribution >= 0.6 is 38.5 Å². The molecule has 0 aliphatic carbocycles. The van der Waals surface area contributed by atoms with Crippen LogP contribution in [0.15, 0.2) is 27.7 Å². The van der Waals surface area contributed by atoms with Crippen LogP contribution < -0.4 is 16.4 Å². The molecular weight excluding hydrogens is 423 g/mol. The van der Waals surface area contributed by atoms with Crippen molar-refractivity contribution in [2.45, 2.75) is 26.3 Å². The van der Waals surface area contributed by atoms with Gasteiger partial charge in [0.1, 0.15) is 0 Å². The van der Waals surface area contributed by atoms with Crippen molar-refractivity contribution in [3.05, 3.63) is 26.2 Å². The number of carbonyl (C=O) groups excluding carboxylic acids is 1. The third-order valence-corrected chi connectivity index (χ3v) is 3.19. The second-order valence-corrected chi connectivity index (χ2v) is 7.02. The number of amides is 2. The average Bonchev–Trinajstić information content (AvgIpc) is 2.19. The molecule has 7 heteroatoms. The lowest BCUT2D eigenvalue weighted by Crippen LogP contribution is -2.50. The molecule has 0 atom stereocenters. The van der Waals surface area contributed by atoms with Gasteiger partial charge in [-0.05, 0) is 77.5 Å². The summed E-state index contributed by atoms with van der Waals surface area (Å²) in [5.41, 5.74) is 6.02. The highest BCUT2D eigenvalue weighted by Crippen LogP contribution is 2.26. The van der Waals surface area contributed by atoms with Crippen molar-refractivity contribution >= 4 is 56.2 Å². The lowest BCUT2D eigenvalue weighted by molar-refractivity contribution is 0.236. The highest BCUT2D eigenvalue weighted by Gasteiger charge is 2.14. The number of urea groups is 1. The molecule has 104 valence electrons. The predicted octanol–water partition coefficient (Wildman–Crippen LogP) is 3.10. The molecule has 2 amide bonds. The number of carbonyl (C=O) groups is 1. The summed E-state index contributed by atoms with van der Waals surface area (Å²) in [6.45, 7) is 5.65. The van der Waals surface area contributed by atoms with Crippen LogP contribution in [0.4, 0.5) is 10.5 Å². The summed E-state index contributed by atoms with van der Waals surface area (Å²) in [7, 11) is 0. The predicted molar refractivity (Wildman–Crippen MR) is 89.6 cm³/mol. The largest absolute Gasteiger partial charge is 0.369 e. The number of nitrogens with one attached hydrogen (secondary N) is 2. The van der Waals surface area contributed by atoms with Crippen LogP contribution in [-0.4, -0.2) is 17.5 Å². The van der Waals surface area contributed by atoms with Crippen molar-refractivity contribution in [3.63, 3.8) is 0 Å². The van der Waals surface area contributed by atoms with Gasteiger partial charge in [-0.1, -0.05) is 0 Å². The van der Waals surface area contributed by atoms with Crippen LogP contribution in [0.3, 0.4) is 0 Å². The number of hydrogen-bond donors (Lipinski definition) is 3. The van der Waals surface area contributed by atoms with E-state index in [0.717, 1.165) is 8.04 Å². The molecule has 0 radical (unpaired) electrons. The Morgan fingerprint density at radius 3 is 2.58 bits per heavy atom. The van der Waals surface area contributed by atoms with Crippen LogP contribution in [0.2, 0.25) is 0 Å². The van der Waals surface area contributed by atoms with E-state index in [2.05, 4.69) is 54.1 Å². The lowest BCUT2D eigenvalue weighted by Gasteiger charge is -2.20. The maximum Gasteiger partial charge on any atom is 0.321 e. The minimum Gasteiger partial charge on any atom is -0.369 e. The van der Waals surface area contributed by atoms with Gasteiger partial charge in [-0.25, -0.2) is 9.79 Å². The third-order valence-electron chi connectivity index (χ3n) is 1.88. The number of halogens is 2. The Balaban J connectivity index is 2.74. The zero-order valence-electron chi connectivity index (χ0n) is 10.9. The van der Waals surface area contributed by atoms with Gasteiger partial charge in [0.2, 0.25) is 5.96 Å². The molecule has 5 nitrogen and oxygen atoms in total. The number of nitrogens with zero attached hydrogens (tertiary/aromatic N) is 1. The number of rotatable bonds is 1. The fourth-order valence-corrected chi connectivity index (χ4v) is 2.60. The van der Waals surface area contributed by atoms with Gasteiger partial charge in [0.05, 0.1) is 5.69 Å². The van der Waals surface area contributed by atoms with E-state index in [-0.39, 0.29) is 17.5 Å². The van der Waals surface area contributed by atoms with Crippen LogP contribution in [0.25, 0.3) is 0 Å². The number of guanidine groups is 1. The topological polar surface area (TPSA) is 79.5 Å². The molecule has 1 aromatic carbocycles. The summed E-state index contributed by atoms with van der Waals surface area (Å²) < 4.78 is 1.90. The van der Waals surface area contributed by atoms with E-state index in [1.165, 1.54) is 0 Å². The molecule has 0 spiro atoms. The normalized spacial score (nSPS) is 12.2. The first-order valence-corrected chi connectivity index (χ1v) is 7.43. The molecule has 0 unspecified atom stereocenters. The molecule has 1 rings (SSSR count). The monoisotopic (exact) mass is 438 g/mol. The van der Waals surface area contributed by atoms with Crippen LogP contribution in [0.1, 0.15) is 20.8 Å². The first-order chi connectivity index (χ1) is 8.67. The molecule has 0 aliphatic rings. The van der Waals surface area contributed by atoms with Gasteiger partial charge in [-0.3, -0.25) is 5.32 Å². The SMILES string of the molecule is CC(C)(C)NC(=O)NC(N)=Nc1ccc(I)cc1Br. The van der Waals surface area contributed by atoms with E-state index in [9.17, 15) is 4.79 Å². The molecule has 1 aromatic rings. The molecule has 0 saturated heterocycles. The summed E-state index contributed by atoms with van der Waals surface area (Å²) in [4.78, 5) is 15.7.